The van der Waals surface area contributed by atoms with E-state index in [4.69, 9.17) is 11.6 Å². The van der Waals surface area contributed by atoms with Crippen LogP contribution < -0.4 is 15.5 Å². The summed E-state index contributed by atoms with van der Waals surface area (Å²) in [6, 6.07) is 20.4. The van der Waals surface area contributed by atoms with Gasteiger partial charge in [-0.2, -0.15) is 0 Å². The summed E-state index contributed by atoms with van der Waals surface area (Å²) in [6.45, 7) is 8.77. The molecule has 0 saturated carbocycles. The second-order valence-corrected chi connectivity index (χ2v) is 10.0. The molecule has 1 unspecified atom stereocenters. The van der Waals surface area contributed by atoms with Crippen LogP contribution in [0.4, 0.5) is 16.2 Å². The van der Waals surface area contributed by atoms with Gasteiger partial charge < -0.3 is 15.5 Å². The monoisotopic (exact) mass is 489 g/mol. The Morgan fingerprint density at radius 3 is 2.23 bits per heavy atom. The Kier molecular flexibility index (Phi) is 7.46. The van der Waals surface area contributed by atoms with Gasteiger partial charge in [0.2, 0.25) is 5.91 Å². The zero-order valence-electron chi connectivity index (χ0n) is 20.6. The summed E-state index contributed by atoms with van der Waals surface area (Å²) in [6.07, 6.45) is 0.435. The summed E-state index contributed by atoms with van der Waals surface area (Å²) >= 11 is 6.39. The van der Waals surface area contributed by atoms with Gasteiger partial charge in [-0.25, -0.2) is 4.79 Å². The van der Waals surface area contributed by atoms with E-state index in [-0.39, 0.29) is 23.8 Å². The van der Waals surface area contributed by atoms with Gasteiger partial charge in [-0.15, -0.1) is 0 Å². The van der Waals surface area contributed by atoms with E-state index in [1.54, 1.807) is 4.90 Å². The average molecular weight is 490 g/mol. The van der Waals surface area contributed by atoms with Gasteiger partial charge in [0.15, 0.2) is 0 Å². The lowest BCUT2D eigenvalue weighted by Crippen LogP contribution is -2.53. The van der Waals surface area contributed by atoms with Crippen molar-refractivity contribution >= 4 is 34.9 Å². The van der Waals surface area contributed by atoms with Crippen molar-refractivity contribution in [3.8, 4) is 0 Å². The number of fused-ring (bicyclic) bond motifs is 1. The number of benzene rings is 3. The maximum Gasteiger partial charge on any atom is 0.319 e. The molecule has 0 fully saturated rings. The van der Waals surface area contributed by atoms with E-state index in [0.29, 0.717) is 18.0 Å². The van der Waals surface area contributed by atoms with Crippen molar-refractivity contribution in [2.24, 2.45) is 0 Å². The first-order valence-electron chi connectivity index (χ1n) is 12.1. The first-order chi connectivity index (χ1) is 16.8. The van der Waals surface area contributed by atoms with Crippen molar-refractivity contribution < 1.29 is 9.59 Å². The maximum atomic E-state index is 13.6. The number of halogens is 1. The molecule has 6 heteroatoms. The number of anilines is 2. The van der Waals surface area contributed by atoms with Gasteiger partial charge in [-0.05, 0) is 46.2 Å². The molecule has 182 valence electrons. The number of nitrogens with zero attached hydrogens (tertiary/aromatic N) is 1. The Balaban J connectivity index is 1.59. The first kappa shape index (κ1) is 24.8. The molecule has 1 heterocycles. The van der Waals surface area contributed by atoms with Crippen molar-refractivity contribution in [1.29, 1.82) is 0 Å². The van der Waals surface area contributed by atoms with Crippen LogP contribution in [0.5, 0.6) is 0 Å². The number of urea groups is 1. The molecule has 3 aromatic rings. The molecule has 1 aliphatic heterocycles. The van der Waals surface area contributed by atoms with E-state index < -0.39 is 6.04 Å². The predicted octanol–water partition coefficient (Wildman–Crippen LogP) is 6.87. The lowest BCUT2D eigenvalue weighted by atomic mass is 9.92. The Bertz CT molecular complexity index is 1210. The summed E-state index contributed by atoms with van der Waals surface area (Å²) in [5.41, 5.74) is 5.69. The molecular weight excluding hydrogens is 458 g/mol. The standard InChI is InChI=1S/C29H32ClN3O2/c1-18(2)22-12-9-13-23(19(3)4)27(22)32-29(35)31-25-16-20-10-6-8-15-26(20)33(28(25)34)17-21-11-5-7-14-24(21)30/h5-15,18-19,25H,16-17H2,1-4H3,(H2,31,32,35). The molecule has 0 radical (unpaired) electrons. The SMILES string of the molecule is CC(C)c1cccc(C(C)C)c1NC(=O)NC1Cc2ccccc2N(Cc2ccccc2Cl)C1=O. The highest BCUT2D eigenvalue weighted by molar-refractivity contribution is 6.31. The average Bonchev–Trinajstić information content (AvgIpc) is 2.82. The highest BCUT2D eigenvalue weighted by atomic mass is 35.5. The fourth-order valence-electron chi connectivity index (χ4n) is 4.64. The van der Waals surface area contributed by atoms with Gasteiger partial charge in [0.1, 0.15) is 6.04 Å². The van der Waals surface area contributed by atoms with Gasteiger partial charge >= 0.3 is 6.03 Å². The van der Waals surface area contributed by atoms with Gasteiger partial charge in [0.05, 0.1) is 6.54 Å². The third-order valence-electron chi connectivity index (χ3n) is 6.47. The Labute approximate surface area is 212 Å². The summed E-state index contributed by atoms with van der Waals surface area (Å²) in [5.74, 6) is 0.344. The normalized spacial score (nSPS) is 15.3. The zero-order chi connectivity index (χ0) is 25.1. The molecule has 0 aliphatic carbocycles. The second kappa shape index (κ2) is 10.5. The van der Waals surface area contributed by atoms with Gasteiger partial charge in [0, 0.05) is 22.8 Å². The van der Waals surface area contributed by atoms with Crippen molar-refractivity contribution in [3.05, 3.63) is 94.0 Å². The molecule has 1 aliphatic rings. The molecule has 0 aromatic heterocycles. The molecule has 5 nitrogen and oxygen atoms in total. The number of hydrogen-bond donors (Lipinski definition) is 2. The van der Waals surface area contributed by atoms with E-state index in [0.717, 1.165) is 33.6 Å². The number of amides is 3. The molecule has 3 amide bonds. The van der Waals surface area contributed by atoms with Crippen LogP contribution in [-0.4, -0.2) is 18.0 Å². The Hall–Kier alpha value is -3.31. The number of carbonyl (C=O) groups excluding carboxylic acids is 2. The minimum atomic E-state index is -0.680. The summed E-state index contributed by atoms with van der Waals surface area (Å²) < 4.78 is 0. The molecule has 4 rings (SSSR count). The fourth-order valence-corrected chi connectivity index (χ4v) is 4.83. The van der Waals surface area contributed by atoms with Crippen molar-refractivity contribution in [3.63, 3.8) is 0 Å². The number of hydrogen-bond acceptors (Lipinski definition) is 2. The van der Waals surface area contributed by atoms with Crippen LogP contribution in [0.25, 0.3) is 0 Å². The summed E-state index contributed by atoms with van der Waals surface area (Å²) in [5, 5.41) is 6.62. The summed E-state index contributed by atoms with van der Waals surface area (Å²) in [7, 11) is 0. The van der Waals surface area contributed by atoms with Crippen molar-refractivity contribution in [2.45, 2.75) is 58.5 Å². The quantitative estimate of drug-likeness (QED) is 0.397. The second-order valence-electron chi connectivity index (χ2n) is 9.62. The minimum absolute atomic E-state index is 0.153. The van der Waals surface area contributed by atoms with Crippen LogP contribution in [0.15, 0.2) is 66.7 Å². The van der Waals surface area contributed by atoms with E-state index in [9.17, 15) is 9.59 Å². The fraction of sp³-hybridized carbons (Fsp3) is 0.310. The third-order valence-corrected chi connectivity index (χ3v) is 6.84. The van der Waals surface area contributed by atoms with Crippen LogP contribution in [0.3, 0.4) is 0 Å². The number of carbonyl (C=O) groups is 2. The van der Waals surface area contributed by atoms with Gasteiger partial charge in [0.25, 0.3) is 0 Å². The molecule has 35 heavy (non-hydrogen) atoms. The Morgan fingerprint density at radius 1 is 0.943 bits per heavy atom. The van der Waals surface area contributed by atoms with Crippen LogP contribution in [-0.2, 0) is 17.8 Å². The number of rotatable bonds is 6. The van der Waals surface area contributed by atoms with Gasteiger partial charge in [-0.1, -0.05) is 93.9 Å². The highest BCUT2D eigenvalue weighted by Crippen LogP contribution is 2.33. The minimum Gasteiger partial charge on any atom is -0.326 e. The van der Waals surface area contributed by atoms with Crippen LogP contribution in [0.2, 0.25) is 5.02 Å². The van der Waals surface area contributed by atoms with Crippen LogP contribution >= 0.6 is 11.6 Å². The molecule has 0 spiro atoms. The third kappa shape index (κ3) is 5.35. The molecule has 2 N–H and O–H groups in total. The van der Waals surface area contributed by atoms with E-state index in [1.807, 2.05) is 66.7 Å². The lowest BCUT2D eigenvalue weighted by Gasteiger charge is -2.35. The molecule has 1 atom stereocenters. The van der Waals surface area contributed by atoms with E-state index >= 15 is 0 Å². The topological polar surface area (TPSA) is 61.4 Å². The molecule has 0 saturated heterocycles. The molecule has 3 aromatic carbocycles. The molecular formula is C29H32ClN3O2. The van der Waals surface area contributed by atoms with E-state index in [2.05, 4.69) is 38.3 Å². The molecule has 0 bridgehead atoms. The Morgan fingerprint density at radius 2 is 1.57 bits per heavy atom. The first-order valence-corrected chi connectivity index (χ1v) is 12.5. The largest absolute Gasteiger partial charge is 0.326 e. The zero-order valence-corrected chi connectivity index (χ0v) is 21.4. The van der Waals surface area contributed by atoms with Crippen LogP contribution in [0.1, 0.15) is 61.8 Å². The van der Waals surface area contributed by atoms with E-state index in [1.165, 1.54) is 0 Å². The maximum absolute atomic E-state index is 13.6. The lowest BCUT2D eigenvalue weighted by molar-refractivity contribution is -0.120. The summed E-state index contributed by atoms with van der Waals surface area (Å²) in [4.78, 5) is 28.5. The number of nitrogens with one attached hydrogen (secondary N) is 2. The van der Waals surface area contributed by atoms with Crippen molar-refractivity contribution in [2.75, 3.05) is 10.2 Å². The smallest absolute Gasteiger partial charge is 0.319 e. The van der Waals surface area contributed by atoms with Crippen molar-refractivity contribution in [1.82, 2.24) is 5.32 Å². The highest BCUT2D eigenvalue weighted by Gasteiger charge is 2.34. The van der Waals surface area contributed by atoms with Crippen LogP contribution in [0, 0.1) is 0 Å². The van der Waals surface area contributed by atoms with Gasteiger partial charge in [-0.3, -0.25) is 4.79 Å². The number of para-hydroxylation sites is 2. The predicted molar refractivity (Wildman–Crippen MR) is 143 cm³/mol.